The molecule has 0 fully saturated rings. The molecule has 0 unspecified atom stereocenters. The van der Waals surface area contributed by atoms with E-state index in [2.05, 4.69) is 22.6 Å². The molecule has 20 heavy (non-hydrogen) atoms. The normalized spacial score (nSPS) is 10.1. The molecule has 6 nitrogen and oxygen atoms in total. The molecule has 2 aromatic carbocycles. The molecule has 0 aliphatic carbocycles. The van der Waals surface area contributed by atoms with Crippen LogP contribution in [-0.2, 0) is 0 Å². The van der Waals surface area contributed by atoms with E-state index in [-0.39, 0.29) is 17.0 Å². The van der Waals surface area contributed by atoms with Gasteiger partial charge in [-0.3, -0.25) is 10.1 Å². The van der Waals surface area contributed by atoms with Crippen LogP contribution in [0.1, 0.15) is 10.4 Å². The topological polar surface area (TPSA) is 89.7 Å². The number of non-ortho nitro benzene ring substituents is 1. The first-order valence-electron chi connectivity index (χ1n) is 5.42. The number of carboxylic acids is 1. The number of halogens is 1. The van der Waals surface area contributed by atoms with Crippen LogP contribution in [0.4, 0.5) is 5.69 Å². The summed E-state index contributed by atoms with van der Waals surface area (Å²) in [4.78, 5) is 21.2. The Hall–Kier alpha value is -2.16. The largest absolute Gasteiger partial charge is 0.478 e. The summed E-state index contributed by atoms with van der Waals surface area (Å²) in [6, 6.07) is 10.3. The summed E-state index contributed by atoms with van der Waals surface area (Å²) in [5, 5.41) is 19.8. The summed E-state index contributed by atoms with van der Waals surface area (Å²) >= 11 is 2.08. The summed E-state index contributed by atoms with van der Waals surface area (Å²) in [6.07, 6.45) is 0. The molecule has 0 saturated carbocycles. The summed E-state index contributed by atoms with van der Waals surface area (Å²) < 4.78 is 6.36. The number of nitro groups is 1. The van der Waals surface area contributed by atoms with Crippen LogP contribution in [-0.4, -0.2) is 16.0 Å². The van der Waals surface area contributed by atoms with E-state index in [1.165, 1.54) is 0 Å². The van der Waals surface area contributed by atoms with Gasteiger partial charge in [-0.25, -0.2) is 4.79 Å². The number of benzene rings is 2. The molecule has 0 bridgehead atoms. The predicted octanol–water partition coefficient (Wildman–Crippen LogP) is 3.69. The van der Waals surface area contributed by atoms with Gasteiger partial charge in [-0.2, -0.15) is 0 Å². The molecule has 0 aliphatic heterocycles. The van der Waals surface area contributed by atoms with Crippen molar-refractivity contribution in [3.63, 3.8) is 0 Å². The van der Waals surface area contributed by atoms with Gasteiger partial charge in [-0.05, 0) is 46.9 Å². The van der Waals surface area contributed by atoms with Crippen LogP contribution in [0.25, 0.3) is 0 Å². The van der Waals surface area contributed by atoms with Gasteiger partial charge in [0, 0.05) is 9.64 Å². The van der Waals surface area contributed by atoms with E-state index in [4.69, 9.17) is 9.84 Å². The van der Waals surface area contributed by atoms with Crippen LogP contribution in [0.3, 0.4) is 0 Å². The van der Waals surface area contributed by atoms with Gasteiger partial charge in [0.1, 0.15) is 17.1 Å². The fraction of sp³-hybridized carbons (Fsp3) is 0. The third-order valence-corrected chi connectivity index (χ3v) is 3.10. The number of aromatic carboxylic acids is 1. The zero-order valence-electron chi connectivity index (χ0n) is 9.95. The molecule has 0 atom stereocenters. The summed E-state index contributed by atoms with van der Waals surface area (Å²) in [6.45, 7) is 0. The van der Waals surface area contributed by atoms with Crippen LogP contribution in [0.5, 0.6) is 11.5 Å². The Labute approximate surface area is 127 Å². The molecule has 1 N–H and O–H groups in total. The van der Waals surface area contributed by atoms with Crippen molar-refractivity contribution in [1.29, 1.82) is 0 Å². The Bertz CT molecular complexity index is 686. The van der Waals surface area contributed by atoms with Crippen molar-refractivity contribution < 1.29 is 19.6 Å². The minimum absolute atomic E-state index is 0.0614. The van der Waals surface area contributed by atoms with Gasteiger partial charge >= 0.3 is 5.97 Å². The average Bonchev–Trinajstić information content (AvgIpc) is 2.38. The highest BCUT2D eigenvalue weighted by molar-refractivity contribution is 14.1. The van der Waals surface area contributed by atoms with Crippen LogP contribution in [0.2, 0.25) is 0 Å². The van der Waals surface area contributed by atoms with E-state index in [0.29, 0.717) is 5.75 Å². The highest BCUT2D eigenvalue weighted by Gasteiger charge is 2.17. The molecular formula is C13H8INO5. The maximum Gasteiger partial charge on any atom is 0.339 e. The lowest BCUT2D eigenvalue weighted by molar-refractivity contribution is -0.384. The Morgan fingerprint density at radius 2 is 2.00 bits per heavy atom. The molecule has 0 saturated heterocycles. The number of carboxylic acid groups (broad SMARTS) is 1. The van der Waals surface area contributed by atoms with Crippen molar-refractivity contribution in [2.24, 2.45) is 0 Å². The number of hydrogen-bond donors (Lipinski definition) is 1. The van der Waals surface area contributed by atoms with Crippen molar-refractivity contribution in [3.05, 3.63) is 61.7 Å². The number of carbonyl (C=O) groups is 1. The smallest absolute Gasteiger partial charge is 0.339 e. The molecule has 0 aliphatic rings. The number of nitrogens with zero attached hydrogens (tertiary/aromatic N) is 1. The van der Waals surface area contributed by atoms with Crippen LogP contribution in [0, 0.1) is 13.7 Å². The molecule has 0 heterocycles. The summed E-state index contributed by atoms with van der Waals surface area (Å²) in [5.74, 6) is -0.853. The van der Waals surface area contributed by atoms with Gasteiger partial charge in [0.05, 0.1) is 11.0 Å². The minimum atomic E-state index is -1.21. The standard InChI is InChI=1S/C13H8INO5/c14-8-2-1-3-10(6-8)20-12-7-9(15(18)19)4-5-11(12)13(16)17/h1-7H,(H,16,17). The molecule has 102 valence electrons. The molecule has 0 amide bonds. The van der Waals surface area contributed by atoms with Crippen molar-refractivity contribution >= 4 is 34.2 Å². The van der Waals surface area contributed by atoms with Crippen LogP contribution in [0.15, 0.2) is 42.5 Å². The molecule has 7 heteroatoms. The predicted molar refractivity (Wildman–Crippen MR) is 79.3 cm³/mol. The first kappa shape index (κ1) is 14.3. The van der Waals surface area contributed by atoms with Crippen molar-refractivity contribution in [3.8, 4) is 11.5 Å². The number of rotatable bonds is 4. The third-order valence-electron chi connectivity index (χ3n) is 2.43. The zero-order chi connectivity index (χ0) is 14.7. The molecule has 0 aromatic heterocycles. The summed E-state index contributed by atoms with van der Waals surface area (Å²) in [7, 11) is 0. The van der Waals surface area contributed by atoms with E-state index in [1.807, 2.05) is 6.07 Å². The van der Waals surface area contributed by atoms with E-state index in [1.54, 1.807) is 18.2 Å². The second kappa shape index (κ2) is 5.87. The highest BCUT2D eigenvalue weighted by atomic mass is 127. The number of ether oxygens (including phenoxy) is 1. The molecule has 0 radical (unpaired) electrons. The third kappa shape index (κ3) is 3.23. The Morgan fingerprint density at radius 1 is 1.25 bits per heavy atom. The average molecular weight is 385 g/mol. The van der Waals surface area contributed by atoms with Crippen LogP contribution < -0.4 is 4.74 Å². The number of hydrogen-bond acceptors (Lipinski definition) is 4. The van der Waals surface area contributed by atoms with Gasteiger partial charge in [0.15, 0.2) is 0 Å². The minimum Gasteiger partial charge on any atom is -0.478 e. The lowest BCUT2D eigenvalue weighted by Gasteiger charge is -2.08. The van der Waals surface area contributed by atoms with Crippen molar-refractivity contribution in [2.75, 3.05) is 0 Å². The number of nitro benzene ring substituents is 1. The van der Waals surface area contributed by atoms with Crippen molar-refractivity contribution in [2.45, 2.75) is 0 Å². The van der Waals surface area contributed by atoms with Gasteiger partial charge in [-0.1, -0.05) is 6.07 Å². The van der Waals surface area contributed by atoms with Crippen molar-refractivity contribution in [1.82, 2.24) is 0 Å². The van der Waals surface area contributed by atoms with Gasteiger partial charge in [0.25, 0.3) is 5.69 Å². The second-order valence-corrected chi connectivity index (χ2v) is 5.05. The van der Waals surface area contributed by atoms with Gasteiger partial charge in [0.2, 0.25) is 0 Å². The Balaban J connectivity index is 2.44. The van der Waals surface area contributed by atoms with E-state index < -0.39 is 10.9 Å². The van der Waals surface area contributed by atoms with E-state index in [0.717, 1.165) is 21.8 Å². The fourth-order valence-corrected chi connectivity index (χ4v) is 2.06. The monoisotopic (exact) mass is 385 g/mol. The Morgan fingerprint density at radius 3 is 2.60 bits per heavy atom. The van der Waals surface area contributed by atoms with Gasteiger partial charge in [-0.15, -0.1) is 0 Å². The molecule has 2 rings (SSSR count). The Kier molecular flexibility index (Phi) is 4.18. The molecule has 2 aromatic rings. The van der Waals surface area contributed by atoms with E-state index in [9.17, 15) is 14.9 Å². The maximum absolute atomic E-state index is 11.1. The summed E-state index contributed by atoms with van der Waals surface area (Å²) in [5.41, 5.74) is -0.356. The molecular weight excluding hydrogens is 377 g/mol. The quantitative estimate of drug-likeness (QED) is 0.493. The van der Waals surface area contributed by atoms with Crippen LogP contribution >= 0.6 is 22.6 Å². The second-order valence-electron chi connectivity index (χ2n) is 3.80. The SMILES string of the molecule is O=C(O)c1ccc([N+](=O)[O-])cc1Oc1cccc(I)c1. The maximum atomic E-state index is 11.1. The highest BCUT2D eigenvalue weighted by Crippen LogP contribution is 2.30. The lowest BCUT2D eigenvalue weighted by Crippen LogP contribution is -2.01. The van der Waals surface area contributed by atoms with Gasteiger partial charge < -0.3 is 9.84 Å². The van der Waals surface area contributed by atoms with E-state index >= 15 is 0 Å². The lowest BCUT2D eigenvalue weighted by atomic mass is 10.2. The molecule has 0 spiro atoms. The zero-order valence-corrected chi connectivity index (χ0v) is 12.1. The fourth-order valence-electron chi connectivity index (χ4n) is 1.54. The first-order chi connectivity index (χ1) is 9.47. The first-order valence-corrected chi connectivity index (χ1v) is 6.50.